The number of methoxy groups -OCH3 is 1. The molecular formula is C13H17NO4. The molecule has 1 unspecified atom stereocenters. The van der Waals surface area contributed by atoms with Crippen LogP contribution in [0.15, 0.2) is 18.2 Å². The fraction of sp³-hybridized carbons (Fsp3) is 0.462. The van der Waals surface area contributed by atoms with E-state index in [0.29, 0.717) is 17.1 Å². The Kier molecular flexibility index (Phi) is 3.72. The number of hydrogen-bond acceptors (Lipinski definition) is 4. The predicted octanol–water partition coefficient (Wildman–Crippen LogP) is 1.36. The van der Waals surface area contributed by atoms with Gasteiger partial charge in [-0.1, -0.05) is 12.1 Å². The Bertz CT molecular complexity index is 443. The van der Waals surface area contributed by atoms with Gasteiger partial charge in [0.15, 0.2) is 11.5 Å². The molecule has 1 atom stereocenters. The van der Waals surface area contributed by atoms with Gasteiger partial charge in [-0.15, -0.1) is 0 Å². The van der Waals surface area contributed by atoms with Crippen molar-refractivity contribution in [2.24, 2.45) is 5.73 Å². The zero-order valence-corrected chi connectivity index (χ0v) is 10.3. The third-order valence-electron chi connectivity index (χ3n) is 2.95. The van der Waals surface area contributed by atoms with Gasteiger partial charge in [-0.3, -0.25) is 4.79 Å². The minimum absolute atomic E-state index is 0.0313. The van der Waals surface area contributed by atoms with Gasteiger partial charge in [0.2, 0.25) is 0 Å². The average molecular weight is 251 g/mol. The number of aliphatic carboxylic acids is 1. The monoisotopic (exact) mass is 251 g/mol. The Morgan fingerprint density at radius 2 is 2.28 bits per heavy atom. The quantitative estimate of drug-likeness (QED) is 0.797. The molecule has 0 aliphatic heterocycles. The van der Waals surface area contributed by atoms with Crippen LogP contribution in [0, 0.1) is 0 Å². The van der Waals surface area contributed by atoms with E-state index in [-0.39, 0.29) is 12.6 Å². The molecule has 5 heteroatoms. The highest BCUT2D eigenvalue weighted by Gasteiger charge is 2.29. The van der Waals surface area contributed by atoms with E-state index >= 15 is 0 Å². The number of carboxylic acids is 1. The molecule has 1 aromatic rings. The van der Waals surface area contributed by atoms with E-state index in [1.165, 1.54) is 7.11 Å². The molecule has 1 fully saturated rings. The molecule has 0 spiro atoms. The Labute approximate surface area is 106 Å². The summed E-state index contributed by atoms with van der Waals surface area (Å²) in [6.07, 6.45) is 2.17. The second-order valence-corrected chi connectivity index (χ2v) is 4.32. The van der Waals surface area contributed by atoms with E-state index < -0.39 is 11.9 Å². The Hall–Kier alpha value is -1.75. The lowest BCUT2D eigenvalue weighted by atomic mass is 9.98. The number of ether oxygens (including phenoxy) is 2. The number of para-hydroxylation sites is 1. The van der Waals surface area contributed by atoms with E-state index in [0.717, 1.165) is 12.8 Å². The molecule has 0 aromatic heterocycles. The molecule has 1 aliphatic rings. The number of nitrogens with two attached hydrogens (primary N) is 1. The normalized spacial score (nSPS) is 16.1. The third kappa shape index (κ3) is 2.56. The molecular weight excluding hydrogens is 234 g/mol. The molecule has 18 heavy (non-hydrogen) atoms. The van der Waals surface area contributed by atoms with E-state index in [1.54, 1.807) is 18.2 Å². The highest BCUT2D eigenvalue weighted by Crippen LogP contribution is 2.39. The van der Waals surface area contributed by atoms with Crippen molar-refractivity contribution in [3.05, 3.63) is 23.8 Å². The van der Waals surface area contributed by atoms with E-state index in [1.807, 2.05) is 0 Å². The average Bonchev–Trinajstić information content (AvgIpc) is 3.15. The fourth-order valence-electron chi connectivity index (χ4n) is 1.81. The summed E-state index contributed by atoms with van der Waals surface area (Å²) in [5.74, 6) is -0.653. The summed E-state index contributed by atoms with van der Waals surface area (Å²) in [4.78, 5) is 11.2. The molecule has 0 radical (unpaired) electrons. The van der Waals surface area contributed by atoms with Gasteiger partial charge in [0.1, 0.15) is 0 Å². The summed E-state index contributed by atoms with van der Waals surface area (Å²) in [6, 6.07) is 5.24. The van der Waals surface area contributed by atoms with Crippen LogP contribution in [0.5, 0.6) is 11.5 Å². The second kappa shape index (κ2) is 5.27. The maximum absolute atomic E-state index is 11.2. The van der Waals surface area contributed by atoms with Crippen molar-refractivity contribution in [1.82, 2.24) is 0 Å². The zero-order chi connectivity index (χ0) is 13.1. The minimum Gasteiger partial charge on any atom is -0.493 e. The minimum atomic E-state index is -0.952. The number of benzene rings is 1. The lowest BCUT2D eigenvalue weighted by Gasteiger charge is -2.18. The van der Waals surface area contributed by atoms with Gasteiger partial charge in [-0.2, -0.15) is 0 Å². The van der Waals surface area contributed by atoms with Crippen molar-refractivity contribution in [3.8, 4) is 11.5 Å². The van der Waals surface area contributed by atoms with Gasteiger partial charge in [0, 0.05) is 12.1 Å². The molecule has 0 saturated heterocycles. The molecule has 98 valence electrons. The summed E-state index contributed by atoms with van der Waals surface area (Å²) in [5, 5.41) is 9.19. The molecule has 0 amide bonds. The SMILES string of the molecule is COc1cccc(C(CN)C(=O)O)c1OC1CC1. The van der Waals surface area contributed by atoms with Crippen LogP contribution in [0.2, 0.25) is 0 Å². The maximum Gasteiger partial charge on any atom is 0.312 e. The Balaban J connectivity index is 2.39. The van der Waals surface area contributed by atoms with Crippen molar-refractivity contribution < 1.29 is 19.4 Å². The molecule has 2 rings (SSSR count). The predicted molar refractivity (Wildman–Crippen MR) is 66.1 cm³/mol. The van der Waals surface area contributed by atoms with E-state index in [4.69, 9.17) is 15.2 Å². The summed E-state index contributed by atoms with van der Waals surface area (Å²) in [5.41, 5.74) is 6.12. The third-order valence-corrected chi connectivity index (χ3v) is 2.95. The van der Waals surface area contributed by atoms with Gasteiger partial charge >= 0.3 is 5.97 Å². The van der Waals surface area contributed by atoms with Crippen molar-refractivity contribution >= 4 is 5.97 Å². The molecule has 0 bridgehead atoms. The molecule has 1 saturated carbocycles. The van der Waals surface area contributed by atoms with Gasteiger partial charge < -0.3 is 20.3 Å². The standard InChI is InChI=1S/C13H17NO4/c1-17-11-4-2-3-9(10(7-14)13(15)16)12(11)18-8-5-6-8/h2-4,8,10H,5-7,14H2,1H3,(H,15,16). The van der Waals surface area contributed by atoms with Crippen LogP contribution in [0.25, 0.3) is 0 Å². The van der Waals surface area contributed by atoms with Crippen LogP contribution >= 0.6 is 0 Å². The van der Waals surface area contributed by atoms with Crippen molar-refractivity contribution in [2.75, 3.05) is 13.7 Å². The van der Waals surface area contributed by atoms with Crippen molar-refractivity contribution in [2.45, 2.75) is 24.9 Å². The summed E-state index contributed by atoms with van der Waals surface area (Å²) >= 11 is 0. The maximum atomic E-state index is 11.2. The number of rotatable bonds is 6. The van der Waals surface area contributed by atoms with Crippen LogP contribution in [0.1, 0.15) is 24.3 Å². The van der Waals surface area contributed by atoms with Crippen LogP contribution in [-0.4, -0.2) is 30.8 Å². The highest BCUT2D eigenvalue weighted by molar-refractivity contribution is 5.78. The number of hydrogen-bond donors (Lipinski definition) is 2. The Morgan fingerprint density at radius 3 is 2.78 bits per heavy atom. The lowest BCUT2D eigenvalue weighted by Crippen LogP contribution is -2.22. The van der Waals surface area contributed by atoms with Crippen molar-refractivity contribution in [1.29, 1.82) is 0 Å². The fourth-order valence-corrected chi connectivity index (χ4v) is 1.81. The van der Waals surface area contributed by atoms with Gasteiger partial charge in [0.05, 0.1) is 19.1 Å². The van der Waals surface area contributed by atoms with Crippen molar-refractivity contribution in [3.63, 3.8) is 0 Å². The summed E-state index contributed by atoms with van der Waals surface area (Å²) in [7, 11) is 1.54. The molecule has 3 N–H and O–H groups in total. The first kappa shape index (κ1) is 12.7. The first-order valence-electron chi connectivity index (χ1n) is 5.93. The summed E-state index contributed by atoms with van der Waals surface area (Å²) < 4.78 is 11.0. The lowest BCUT2D eigenvalue weighted by molar-refractivity contribution is -0.138. The van der Waals surface area contributed by atoms with Gasteiger partial charge in [-0.25, -0.2) is 0 Å². The van der Waals surface area contributed by atoms with E-state index in [9.17, 15) is 9.90 Å². The first-order valence-corrected chi connectivity index (χ1v) is 5.93. The number of carbonyl (C=O) groups is 1. The van der Waals surface area contributed by atoms with Gasteiger partial charge in [0.25, 0.3) is 0 Å². The zero-order valence-electron chi connectivity index (χ0n) is 10.3. The summed E-state index contributed by atoms with van der Waals surface area (Å²) in [6.45, 7) is 0.0313. The molecule has 1 aromatic carbocycles. The molecule has 5 nitrogen and oxygen atoms in total. The molecule has 0 heterocycles. The smallest absolute Gasteiger partial charge is 0.312 e. The largest absolute Gasteiger partial charge is 0.493 e. The van der Waals surface area contributed by atoms with Crippen LogP contribution < -0.4 is 15.2 Å². The molecule has 1 aliphatic carbocycles. The van der Waals surface area contributed by atoms with Crippen LogP contribution in [0.3, 0.4) is 0 Å². The number of carboxylic acid groups (broad SMARTS) is 1. The van der Waals surface area contributed by atoms with Gasteiger partial charge in [-0.05, 0) is 18.9 Å². The Morgan fingerprint density at radius 1 is 1.56 bits per heavy atom. The second-order valence-electron chi connectivity index (χ2n) is 4.32. The van der Waals surface area contributed by atoms with Crippen LogP contribution in [-0.2, 0) is 4.79 Å². The van der Waals surface area contributed by atoms with Crippen LogP contribution in [0.4, 0.5) is 0 Å². The highest BCUT2D eigenvalue weighted by atomic mass is 16.5. The topological polar surface area (TPSA) is 81.8 Å². The first-order chi connectivity index (χ1) is 8.67. The van der Waals surface area contributed by atoms with E-state index in [2.05, 4.69) is 0 Å².